The van der Waals surface area contributed by atoms with Crippen LogP contribution in [0.5, 0.6) is 0 Å². The lowest BCUT2D eigenvalue weighted by Gasteiger charge is -2.26. The van der Waals surface area contributed by atoms with Crippen LogP contribution >= 0.6 is 23.1 Å². The van der Waals surface area contributed by atoms with E-state index in [9.17, 15) is 14.9 Å². The van der Waals surface area contributed by atoms with Crippen LogP contribution in [0.3, 0.4) is 0 Å². The minimum Gasteiger partial charge on any atom is -0.361 e. The Morgan fingerprint density at radius 2 is 2.14 bits per heavy atom. The Morgan fingerprint density at radius 3 is 2.90 bits per heavy atom. The highest BCUT2D eigenvalue weighted by Gasteiger charge is 2.40. The van der Waals surface area contributed by atoms with Gasteiger partial charge in [0.25, 0.3) is 0 Å². The van der Waals surface area contributed by atoms with Gasteiger partial charge in [0, 0.05) is 51.4 Å². The number of carbonyl (C=O) groups is 1. The van der Waals surface area contributed by atoms with Crippen LogP contribution in [0, 0.1) is 10.1 Å². The second-order valence-corrected chi connectivity index (χ2v) is 7.32. The van der Waals surface area contributed by atoms with Crippen molar-refractivity contribution in [3.8, 4) is 0 Å². The SMILES string of the molecule is O=C1CCC2=C1C(c1csc([N+](=O)[O-])c1)C1=C(CCS1)N2. The van der Waals surface area contributed by atoms with Crippen molar-refractivity contribution in [3.05, 3.63) is 49.0 Å². The molecular formula is C14H12N2O3S2. The van der Waals surface area contributed by atoms with Gasteiger partial charge in [0.2, 0.25) is 0 Å². The molecule has 0 aromatic carbocycles. The van der Waals surface area contributed by atoms with E-state index in [-0.39, 0.29) is 21.6 Å². The smallest absolute Gasteiger partial charge is 0.324 e. The van der Waals surface area contributed by atoms with Crippen LogP contribution in [-0.2, 0) is 4.79 Å². The van der Waals surface area contributed by atoms with Crippen molar-refractivity contribution in [3.63, 3.8) is 0 Å². The molecule has 108 valence electrons. The monoisotopic (exact) mass is 320 g/mol. The summed E-state index contributed by atoms with van der Waals surface area (Å²) in [5, 5.41) is 16.3. The molecule has 0 spiro atoms. The number of hydrogen-bond acceptors (Lipinski definition) is 6. The molecule has 21 heavy (non-hydrogen) atoms. The molecular weight excluding hydrogens is 308 g/mol. The topological polar surface area (TPSA) is 72.2 Å². The number of allylic oxidation sites excluding steroid dienone is 4. The van der Waals surface area contributed by atoms with Crippen LogP contribution in [0.25, 0.3) is 0 Å². The Bertz CT molecular complexity index is 732. The summed E-state index contributed by atoms with van der Waals surface area (Å²) in [6, 6.07) is 1.63. The standard InChI is InChI=1S/C14H12N2O3S2/c17-10-2-1-8-13(10)12(14-9(15-8)3-4-20-14)7-5-11(16(18)19)21-6-7/h5-6,12,15H,1-4H2. The highest BCUT2D eigenvalue weighted by atomic mass is 32.2. The molecule has 2 aliphatic heterocycles. The summed E-state index contributed by atoms with van der Waals surface area (Å²) < 4.78 is 0. The van der Waals surface area contributed by atoms with Crippen molar-refractivity contribution in [2.75, 3.05) is 5.75 Å². The molecule has 0 radical (unpaired) electrons. The van der Waals surface area contributed by atoms with Gasteiger partial charge < -0.3 is 5.32 Å². The summed E-state index contributed by atoms with van der Waals surface area (Å²) in [6.45, 7) is 0. The minimum absolute atomic E-state index is 0.0938. The van der Waals surface area contributed by atoms with E-state index in [0.29, 0.717) is 6.42 Å². The third-order valence-electron chi connectivity index (χ3n) is 4.11. The maximum Gasteiger partial charge on any atom is 0.324 e. The van der Waals surface area contributed by atoms with Crippen molar-refractivity contribution < 1.29 is 9.72 Å². The fourth-order valence-corrected chi connectivity index (χ4v) is 5.24. The van der Waals surface area contributed by atoms with E-state index in [1.165, 1.54) is 10.6 Å². The zero-order chi connectivity index (χ0) is 14.6. The summed E-state index contributed by atoms with van der Waals surface area (Å²) in [5.74, 6) is 1.09. The van der Waals surface area contributed by atoms with E-state index >= 15 is 0 Å². The maximum atomic E-state index is 12.3. The lowest BCUT2D eigenvalue weighted by atomic mass is 9.87. The third-order valence-corrected chi connectivity index (χ3v) is 6.21. The van der Waals surface area contributed by atoms with Gasteiger partial charge in [-0.15, -0.1) is 11.8 Å². The molecule has 3 heterocycles. The van der Waals surface area contributed by atoms with E-state index < -0.39 is 0 Å². The normalized spacial score (nSPS) is 24.2. The van der Waals surface area contributed by atoms with Crippen molar-refractivity contribution in [2.45, 2.75) is 25.2 Å². The van der Waals surface area contributed by atoms with Gasteiger partial charge >= 0.3 is 5.00 Å². The Labute approximate surface area is 129 Å². The average Bonchev–Trinajstić information content (AvgIpc) is 3.16. The maximum absolute atomic E-state index is 12.3. The number of dihydropyridines is 1. The van der Waals surface area contributed by atoms with Crippen molar-refractivity contribution >= 4 is 33.9 Å². The Balaban J connectivity index is 1.83. The van der Waals surface area contributed by atoms with Gasteiger partial charge in [0.15, 0.2) is 5.78 Å². The number of Topliss-reactive ketones (excluding diaryl/α,β-unsaturated/α-hetero) is 1. The molecule has 5 nitrogen and oxygen atoms in total. The molecule has 3 aliphatic rings. The van der Waals surface area contributed by atoms with Crippen LogP contribution in [0.1, 0.15) is 30.7 Å². The van der Waals surface area contributed by atoms with Crippen LogP contribution in [0.4, 0.5) is 5.00 Å². The molecule has 0 bridgehead atoms. The Kier molecular flexibility index (Phi) is 2.93. The summed E-state index contributed by atoms with van der Waals surface area (Å²) in [5.41, 5.74) is 3.95. The summed E-state index contributed by atoms with van der Waals surface area (Å²) >= 11 is 2.90. The quantitative estimate of drug-likeness (QED) is 0.668. The molecule has 0 amide bonds. The van der Waals surface area contributed by atoms with Gasteiger partial charge in [0.05, 0.1) is 4.92 Å². The van der Waals surface area contributed by atoms with Crippen molar-refractivity contribution in [1.29, 1.82) is 0 Å². The molecule has 1 aromatic rings. The van der Waals surface area contributed by atoms with Gasteiger partial charge in [0.1, 0.15) is 0 Å². The number of ketones is 1. The predicted molar refractivity (Wildman–Crippen MR) is 82.2 cm³/mol. The predicted octanol–water partition coefficient (Wildman–Crippen LogP) is 3.31. The van der Waals surface area contributed by atoms with E-state index in [0.717, 1.165) is 46.8 Å². The second-order valence-electron chi connectivity index (χ2n) is 5.29. The fourth-order valence-electron chi connectivity index (χ4n) is 3.21. The second kappa shape index (κ2) is 4.71. The number of nitrogens with one attached hydrogen (secondary N) is 1. The molecule has 7 heteroatoms. The van der Waals surface area contributed by atoms with Gasteiger partial charge in [-0.05, 0) is 18.4 Å². The minimum atomic E-state index is -0.363. The molecule has 0 saturated heterocycles. The van der Waals surface area contributed by atoms with Gasteiger partial charge in [-0.2, -0.15) is 0 Å². The van der Waals surface area contributed by atoms with E-state index in [1.54, 1.807) is 17.8 Å². The van der Waals surface area contributed by atoms with Crippen LogP contribution in [0.2, 0.25) is 0 Å². The first-order chi connectivity index (χ1) is 10.1. The number of nitro groups is 1. The van der Waals surface area contributed by atoms with Crippen LogP contribution in [0.15, 0.2) is 33.3 Å². The van der Waals surface area contributed by atoms with Crippen LogP contribution < -0.4 is 5.32 Å². The van der Waals surface area contributed by atoms with Gasteiger partial charge in [-0.1, -0.05) is 11.3 Å². The van der Waals surface area contributed by atoms with Gasteiger partial charge in [-0.3, -0.25) is 14.9 Å². The first kappa shape index (κ1) is 13.1. The summed E-state index contributed by atoms with van der Waals surface area (Å²) in [6.07, 6.45) is 2.29. The average molecular weight is 320 g/mol. The number of hydrogen-bond donors (Lipinski definition) is 1. The largest absolute Gasteiger partial charge is 0.361 e. The van der Waals surface area contributed by atoms with Gasteiger partial charge in [-0.25, -0.2) is 0 Å². The molecule has 1 unspecified atom stereocenters. The molecule has 1 aliphatic carbocycles. The zero-order valence-electron chi connectivity index (χ0n) is 11.0. The highest BCUT2D eigenvalue weighted by Crippen LogP contribution is 2.51. The molecule has 0 saturated carbocycles. The highest BCUT2D eigenvalue weighted by molar-refractivity contribution is 8.03. The zero-order valence-corrected chi connectivity index (χ0v) is 12.7. The molecule has 4 rings (SSSR count). The van der Waals surface area contributed by atoms with Crippen molar-refractivity contribution in [1.82, 2.24) is 5.32 Å². The molecule has 1 N–H and O–H groups in total. The molecule has 0 fully saturated rings. The number of thioether (sulfide) groups is 1. The fraction of sp³-hybridized carbons (Fsp3) is 0.357. The summed E-state index contributed by atoms with van der Waals surface area (Å²) in [7, 11) is 0. The number of carbonyl (C=O) groups excluding carboxylic acids is 1. The Morgan fingerprint density at radius 1 is 1.29 bits per heavy atom. The number of thiophene rings is 1. The van der Waals surface area contributed by atoms with Crippen LogP contribution in [-0.4, -0.2) is 16.5 Å². The third kappa shape index (κ3) is 1.95. The van der Waals surface area contributed by atoms with Crippen molar-refractivity contribution in [2.24, 2.45) is 0 Å². The Hall–Kier alpha value is -1.60. The lowest BCUT2D eigenvalue weighted by Crippen LogP contribution is -2.23. The number of nitrogens with zero attached hydrogens (tertiary/aromatic N) is 1. The first-order valence-corrected chi connectivity index (χ1v) is 8.63. The molecule has 1 aromatic heterocycles. The first-order valence-electron chi connectivity index (χ1n) is 6.77. The lowest BCUT2D eigenvalue weighted by molar-refractivity contribution is -0.380. The van der Waals surface area contributed by atoms with E-state index in [4.69, 9.17) is 0 Å². The van der Waals surface area contributed by atoms with E-state index in [1.807, 2.05) is 5.38 Å². The summed E-state index contributed by atoms with van der Waals surface area (Å²) in [4.78, 5) is 24.0. The van der Waals surface area contributed by atoms with E-state index in [2.05, 4.69) is 5.32 Å². The number of rotatable bonds is 2. The molecule has 1 atom stereocenters.